The molecule has 0 aliphatic rings. The number of hydrogen-bond donors (Lipinski definition) is 1. The molecule has 1 rings (SSSR count). The van der Waals surface area contributed by atoms with E-state index >= 15 is 0 Å². The Kier molecular flexibility index (Phi) is 8.06. The maximum atomic E-state index is 11.9. The van der Waals surface area contributed by atoms with Gasteiger partial charge in [0.05, 0.1) is 18.1 Å². The minimum Gasteiger partial charge on any atom is -0.395 e. The molecule has 0 heterocycles. The van der Waals surface area contributed by atoms with Crippen LogP contribution in [0.15, 0.2) is 29.2 Å². The number of hydrogen-bond acceptors (Lipinski definition) is 4. The van der Waals surface area contributed by atoms with Crippen LogP contribution in [0, 0.1) is 18.8 Å². The van der Waals surface area contributed by atoms with Gasteiger partial charge in [0.2, 0.25) is 0 Å². The summed E-state index contributed by atoms with van der Waals surface area (Å²) in [6.07, 6.45) is 3.75. The molecule has 0 aliphatic heterocycles. The highest BCUT2D eigenvalue weighted by molar-refractivity contribution is 7.86. The van der Waals surface area contributed by atoms with Gasteiger partial charge in [0.25, 0.3) is 10.1 Å². The highest BCUT2D eigenvalue weighted by Crippen LogP contribution is 2.13. The lowest BCUT2D eigenvalue weighted by molar-refractivity contribution is 0.305. The van der Waals surface area contributed by atoms with Gasteiger partial charge in [0, 0.05) is 12.8 Å². The van der Waals surface area contributed by atoms with E-state index in [0.29, 0.717) is 12.8 Å². The molecule has 0 unspecified atom stereocenters. The number of unbranched alkanes of at least 4 members (excludes halogenated alkanes) is 3. The van der Waals surface area contributed by atoms with Crippen LogP contribution in [-0.2, 0) is 14.3 Å². The van der Waals surface area contributed by atoms with Crippen LogP contribution in [0.2, 0.25) is 0 Å². The van der Waals surface area contributed by atoms with Crippen molar-refractivity contribution in [2.45, 2.75) is 43.9 Å². The maximum Gasteiger partial charge on any atom is 0.296 e. The summed E-state index contributed by atoms with van der Waals surface area (Å²) in [7, 11) is -3.64. The molecule has 0 fully saturated rings. The van der Waals surface area contributed by atoms with Gasteiger partial charge in [-0.25, -0.2) is 0 Å². The van der Waals surface area contributed by atoms with Gasteiger partial charge in [-0.15, -0.1) is 11.8 Å². The van der Waals surface area contributed by atoms with E-state index < -0.39 is 10.1 Å². The van der Waals surface area contributed by atoms with Crippen molar-refractivity contribution in [2.75, 3.05) is 13.2 Å². The average Bonchev–Trinajstić information content (AvgIpc) is 2.46. The largest absolute Gasteiger partial charge is 0.395 e. The summed E-state index contributed by atoms with van der Waals surface area (Å²) >= 11 is 0. The molecule has 116 valence electrons. The van der Waals surface area contributed by atoms with E-state index in [0.717, 1.165) is 24.8 Å². The Morgan fingerprint density at radius 2 is 1.71 bits per heavy atom. The summed E-state index contributed by atoms with van der Waals surface area (Å²) in [6.45, 7) is 2.19. The minimum atomic E-state index is -3.64. The van der Waals surface area contributed by atoms with Crippen LogP contribution in [0.5, 0.6) is 0 Å². The van der Waals surface area contributed by atoms with Crippen molar-refractivity contribution in [3.05, 3.63) is 29.8 Å². The number of aliphatic hydroxyl groups is 1. The predicted molar refractivity (Wildman–Crippen MR) is 82.3 cm³/mol. The summed E-state index contributed by atoms with van der Waals surface area (Å²) in [6, 6.07) is 6.62. The van der Waals surface area contributed by atoms with Gasteiger partial charge in [0.1, 0.15) is 0 Å². The molecule has 0 radical (unpaired) electrons. The molecule has 0 saturated carbocycles. The quantitative estimate of drug-likeness (QED) is 0.455. The minimum absolute atomic E-state index is 0.0950. The molecule has 0 spiro atoms. The third-order valence-electron chi connectivity index (χ3n) is 2.86. The summed E-state index contributed by atoms with van der Waals surface area (Å²) in [5.74, 6) is 5.80. The maximum absolute atomic E-state index is 11.9. The Balaban J connectivity index is 2.23. The summed E-state index contributed by atoms with van der Waals surface area (Å²) < 4.78 is 28.8. The molecule has 0 aromatic heterocycles. The van der Waals surface area contributed by atoms with Gasteiger partial charge in [-0.05, 0) is 31.9 Å². The highest BCUT2D eigenvalue weighted by atomic mass is 32.2. The molecule has 4 nitrogen and oxygen atoms in total. The Bertz CT molecular complexity index is 565. The molecular weight excluding hydrogens is 288 g/mol. The number of aryl methyl sites for hydroxylation is 1. The summed E-state index contributed by atoms with van der Waals surface area (Å²) in [5.41, 5.74) is 1.01. The predicted octanol–water partition coefficient (Wildman–Crippen LogP) is 2.65. The summed E-state index contributed by atoms with van der Waals surface area (Å²) in [4.78, 5) is 0.197. The molecule has 21 heavy (non-hydrogen) atoms. The Morgan fingerprint density at radius 1 is 1.05 bits per heavy atom. The fraction of sp³-hybridized carbons (Fsp3) is 0.500. The van der Waals surface area contributed by atoms with Crippen LogP contribution in [-0.4, -0.2) is 26.7 Å². The van der Waals surface area contributed by atoms with Crippen LogP contribution in [0.25, 0.3) is 0 Å². The first-order chi connectivity index (χ1) is 10.1. The van der Waals surface area contributed by atoms with Crippen molar-refractivity contribution >= 4 is 10.1 Å². The molecule has 1 N–H and O–H groups in total. The second-order valence-corrected chi connectivity index (χ2v) is 6.34. The van der Waals surface area contributed by atoms with Crippen molar-refractivity contribution in [3.8, 4) is 11.8 Å². The van der Waals surface area contributed by atoms with Crippen molar-refractivity contribution < 1.29 is 17.7 Å². The van der Waals surface area contributed by atoms with Gasteiger partial charge in [-0.1, -0.05) is 24.1 Å². The molecule has 0 saturated heterocycles. The molecule has 0 amide bonds. The monoisotopic (exact) mass is 310 g/mol. The zero-order chi connectivity index (χ0) is 15.6. The van der Waals surface area contributed by atoms with Crippen molar-refractivity contribution in [3.63, 3.8) is 0 Å². The molecule has 1 aromatic carbocycles. The van der Waals surface area contributed by atoms with Gasteiger partial charge in [-0.3, -0.25) is 4.18 Å². The third-order valence-corrected chi connectivity index (χ3v) is 4.18. The Labute approximate surface area is 127 Å². The molecule has 0 atom stereocenters. The van der Waals surface area contributed by atoms with Crippen molar-refractivity contribution in [2.24, 2.45) is 0 Å². The summed E-state index contributed by atoms with van der Waals surface area (Å²) in [5, 5.41) is 8.55. The number of benzene rings is 1. The first kappa shape index (κ1) is 17.7. The zero-order valence-electron chi connectivity index (χ0n) is 12.3. The second kappa shape index (κ2) is 9.56. The Morgan fingerprint density at radius 3 is 2.38 bits per heavy atom. The Hall–Kier alpha value is -1.35. The SMILES string of the molecule is Cc1ccc(S(=O)(=O)OCCCCCC#CCCO)cc1. The van der Waals surface area contributed by atoms with Crippen molar-refractivity contribution in [1.82, 2.24) is 0 Å². The third kappa shape index (κ3) is 7.28. The van der Waals surface area contributed by atoms with Gasteiger partial charge in [0.15, 0.2) is 0 Å². The van der Waals surface area contributed by atoms with Crippen molar-refractivity contribution in [1.29, 1.82) is 0 Å². The van der Waals surface area contributed by atoms with E-state index in [1.165, 1.54) is 0 Å². The smallest absolute Gasteiger partial charge is 0.296 e. The van der Waals surface area contributed by atoms with E-state index in [-0.39, 0.29) is 18.1 Å². The topological polar surface area (TPSA) is 63.6 Å². The first-order valence-electron chi connectivity index (χ1n) is 7.09. The number of rotatable bonds is 8. The molecule has 1 aromatic rings. The lowest BCUT2D eigenvalue weighted by atomic mass is 10.2. The van der Waals surface area contributed by atoms with Crippen LogP contribution in [0.1, 0.15) is 37.7 Å². The average molecular weight is 310 g/mol. The van der Waals surface area contributed by atoms with E-state index in [1.54, 1.807) is 24.3 Å². The van der Waals surface area contributed by atoms with Crippen LogP contribution in [0.4, 0.5) is 0 Å². The lowest BCUT2D eigenvalue weighted by Gasteiger charge is -2.05. The fourth-order valence-corrected chi connectivity index (χ4v) is 2.61. The second-order valence-electron chi connectivity index (χ2n) is 4.73. The first-order valence-corrected chi connectivity index (χ1v) is 8.50. The molecule has 0 bridgehead atoms. The van der Waals surface area contributed by atoms with Crippen LogP contribution in [0.3, 0.4) is 0 Å². The van der Waals surface area contributed by atoms with E-state index in [2.05, 4.69) is 11.8 Å². The highest BCUT2D eigenvalue weighted by Gasteiger charge is 2.13. The van der Waals surface area contributed by atoms with Crippen LogP contribution >= 0.6 is 0 Å². The van der Waals surface area contributed by atoms with E-state index in [4.69, 9.17) is 9.29 Å². The normalized spacial score (nSPS) is 11.0. The van der Waals surface area contributed by atoms with Gasteiger partial charge < -0.3 is 5.11 Å². The zero-order valence-corrected chi connectivity index (χ0v) is 13.2. The van der Waals surface area contributed by atoms with E-state index in [9.17, 15) is 8.42 Å². The van der Waals surface area contributed by atoms with Gasteiger partial charge >= 0.3 is 0 Å². The van der Waals surface area contributed by atoms with E-state index in [1.807, 2.05) is 6.92 Å². The number of aliphatic hydroxyl groups excluding tert-OH is 1. The lowest BCUT2D eigenvalue weighted by Crippen LogP contribution is -2.07. The standard InChI is InChI=1S/C16H22O4S/c1-15-9-11-16(12-10-15)21(18,19)20-14-8-6-4-2-3-5-7-13-17/h9-12,17H,2,4,6-8,13-14H2,1H3. The van der Waals surface area contributed by atoms with Crippen LogP contribution < -0.4 is 0 Å². The molecular formula is C16H22O4S. The van der Waals surface area contributed by atoms with Gasteiger partial charge in [-0.2, -0.15) is 8.42 Å². The fourth-order valence-electron chi connectivity index (χ4n) is 1.67. The molecule has 0 aliphatic carbocycles. The molecule has 5 heteroatoms.